The van der Waals surface area contributed by atoms with Crippen molar-refractivity contribution in [2.45, 2.75) is 100 Å². The lowest BCUT2D eigenvalue weighted by Gasteiger charge is -2.32. The lowest BCUT2D eigenvalue weighted by Crippen LogP contribution is -2.40. The summed E-state index contributed by atoms with van der Waals surface area (Å²) >= 11 is 0. The fourth-order valence-corrected chi connectivity index (χ4v) is 1.96. The van der Waals surface area contributed by atoms with Crippen LogP contribution in [0.25, 0.3) is 0 Å². The van der Waals surface area contributed by atoms with E-state index in [1.165, 1.54) is 25.7 Å². The summed E-state index contributed by atoms with van der Waals surface area (Å²) in [4.78, 5) is 6.48. The fraction of sp³-hybridized carbons (Fsp3) is 0.941. The van der Waals surface area contributed by atoms with Gasteiger partial charge in [0, 0.05) is 19.1 Å². The first kappa shape index (κ1) is 23.6. The summed E-state index contributed by atoms with van der Waals surface area (Å²) < 4.78 is 0. The van der Waals surface area contributed by atoms with Crippen LogP contribution in [0.1, 0.15) is 88.0 Å². The van der Waals surface area contributed by atoms with Crippen molar-refractivity contribution >= 4 is 5.84 Å². The molecule has 0 spiro atoms. The third kappa shape index (κ3) is 15.4. The monoisotopic (exact) mass is 272 g/mol. The second kappa shape index (κ2) is 17.5. The molecule has 0 aromatic carbocycles. The van der Waals surface area contributed by atoms with Gasteiger partial charge < -0.3 is 4.90 Å². The van der Waals surface area contributed by atoms with E-state index in [9.17, 15) is 0 Å². The van der Waals surface area contributed by atoms with E-state index in [1.807, 2.05) is 20.9 Å². The number of unbranched alkanes of at least 4 members (excludes halogenated alkanes) is 3. The van der Waals surface area contributed by atoms with Gasteiger partial charge in [0.05, 0.1) is 5.84 Å². The summed E-state index contributed by atoms with van der Waals surface area (Å²) in [6.45, 7) is 19.3. The molecule has 0 aliphatic heterocycles. The quantitative estimate of drug-likeness (QED) is 0.352. The molecular weight excluding hydrogens is 232 g/mol. The van der Waals surface area contributed by atoms with Crippen molar-refractivity contribution in [2.75, 3.05) is 7.05 Å². The zero-order valence-electron chi connectivity index (χ0n) is 15.4. The topological polar surface area (TPSA) is 15.6 Å². The van der Waals surface area contributed by atoms with Gasteiger partial charge in [0.15, 0.2) is 0 Å². The number of hydrogen-bond acceptors (Lipinski definition) is 1. The molecule has 0 unspecified atom stereocenters. The van der Waals surface area contributed by atoms with Crippen molar-refractivity contribution in [3.63, 3.8) is 0 Å². The van der Waals surface area contributed by atoms with Crippen molar-refractivity contribution in [3.05, 3.63) is 0 Å². The van der Waals surface area contributed by atoms with Crippen molar-refractivity contribution in [1.29, 1.82) is 0 Å². The summed E-state index contributed by atoms with van der Waals surface area (Å²) in [6.07, 6.45) is 5.54. The summed E-state index contributed by atoms with van der Waals surface area (Å²) in [7, 11) is 1.84. The maximum absolute atomic E-state index is 4.17. The minimum absolute atomic E-state index is 0.540. The molecule has 0 radical (unpaired) electrons. The second-order valence-corrected chi connectivity index (χ2v) is 5.07. The molecule has 118 valence electrons. The molecule has 0 saturated heterocycles. The van der Waals surface area contributed by atoms with Crippen LogP contribution in [-0.2, 0) is 0 Å². The summed E-state index contributed by atoms with van der Waals surface area (Å²) in [6, 6.07) is 1.08. The third-order valence-corrected chi connectivity index (χ3v) is 2.77. The molecule has 0 aliphatic carbocycles. The number of nitrogens with zero attached hydrogens (tertiary/aromatic N) is 2. The van der Waals surface area contributed by atoms with E-state index in [0.29, 0.717) is 12.1 Å². The first-order valence-electron chi connectivity index (χ1n) is 8.13. The van der Waals surface area contributed by atoms with Crippen LogP contribution < -0.4 is 0 Å². The van der Waals surface area contributed by atoms with E-state index in [4.69, 9.17) is 0 Å². The number of hydrogen-bond donors (Lipinski definition) is 0. The maximum Gasteiger partial charge on any atom is 0.0958 e. The van der Waals surface area contributed by atoms with Gasteiger partial charge in [-0.1, -0.05) is 53.4 Å². The Morgan fingerprint density at radius 2 is 1.21 bits per heavy atom. The zero-order chi connectivity index (χ0) is 15.8. The number of rotatable bonds is 5. The minimum atomic E-state index is 0.540. The molecule has 0 saturated carbocycles. The van der Waals surface area contributed by atoms with E-state index in [-0.39, 0.29) is 0 Å². The molecule has 0 heterocycles. The molecule has 0 aromatic heterocycles. The largest absolute Gasteiger partial charge is 0.356 e. The van der Waals surface area contributed by atoms with Gasteiger partial charge in [0.1, 0.15) is 0 Å². The van der Waals surface area contributed by atoms with Gasteiger partial charge in [0.2, 0.25) is 0 Å². The standard InChI is InChI=1S/C9H20N2.C6H14.C2H6/c1-7(2)11(8(3)4)9(5)10-6;1-3-5-6-4-2;1-2/h7-8H,1-6H3;3-6H2,1-2H3;1-2H3. The van der Waals surface area contributed by atoms with Crippen LogP contribution in [0, 0.1) is 0 Å². The van der Waals surface area contributed by atoms with E-state index >= 15 is 0 Å². The van der Waals surface area contributed by atoms with Gasteiger partial charge in [-0.25, -0.2) is 0 Å². The number of amidine groups is 1. The van der Waals surface area contributed by atoms with Crippen molar-refractivity contribution < 1.29 is 0 Å². The van der Waals surface area contributed by atoms with Crippen LogP contribution >= 0.6 is 0 Å². The molecule has 19 heavy (non-hydrogen) atoms. The van der Waals surface area contributed by atoms with Gasteiger partial charge in [0.25, 0.3) is 0 Å². The Morgan fingerprint density at radius 1 is 0.895 bits per heavy atom. The van der Waals surface area contributed by atoms with Crippen LogP contribution in [0.15, 0.2) is 4.99 Å². The molecule has 0 N–H and O–H groups in total. The Morgan fingerprint density at radius 3 is 1.32 bits per heavy atom. The third-order valence-electron chi connectivity index (χ3n) is 2.77. The predicted molar refractivity (Wildman–Crippen MR) is 92.3 cm³/mol. The van der Waals surface area contributed by atoms with Crippen LogP contribution in [-0.4, -0.2) is 29.9 Å². The van der Waals surface area contributed by atoms with Gasteiger partial charge in [-0.05, 0) is 34.6 Å². The molecular formula is C17H40N2. The molecule has 0 aliphatic rings. The lowest BCUT2D eigenvalue weighted by molar-refractivity contribution is 0.290. The maximum atomic E-state index is 4.17. The van der Waals surface area contributed by atoms with Gasteiger partial charge in [-0.15, -0.1) is 0 Å². The molecule has 0 aromatic rings. The van der Waals surface area contributed by atoms with Gasteiger partial charge >= 0.3 is 0 Å². The Labute approximate surface area is 123 Å². The van der Waals surface area contributed by atoms with Crippen molar-refractivity contribution in [3.8, 4) is 0 Å². The van der Waals surface area contributed by atoms with Gasteiger partial charge in [-0.3, -0.25) is 4.99 Å². The van der Waals surface area contributed by atoms with Gasteiger partial charge in [-0.2, -0.15) is 0 Å². The molecule has 0 rings (SSSR count). The summed E-state index contributed by atoms with van der Waals surface area (Å²) in [5, 5.41) is 0. The van der Waals surface area contributed by atoms with Crippen LogP contribution in [0.2, 0.25) is 0 Å². The van der Waals surface area contributed by atoms with Crippen LogP contribution in [0.5, 0.6) is 0 Å². The highest BCUT2D eigenvalue weighted by Gasteiger charge is 2.13. The second-order valence-electron chi connectivity index (χ2n) is 5.07. The fourth-order valence-electron chi connectivity index (χ4n) is 1.96. The van der Waals surface area contributed by atoms with E-state index in [1.54, 1.807) is 0 Å². The van der Waals surface area contributed by atoms with Crippen LogP contribution in [0.3, 0.4) is 0 Å². The minimum Gasteiger partial charge on any atom is -0.356 e. The SMILES string of the molecule is CC.CCCCCC.CN=C(C)N(C(C)C)C(C)C. The summed E-state index contributed by atoms with van der Waals surface area (Å²) in [5.41, 5.74) is 0. The lowest BCUT2D eigenvalue weighted by atomic mass is 10.2. The Balaban J connectivity index is -0.000000271. The average Bonchev–Trinajstić information content (AvgIpc) is 2.38. The van der Waals surface area contributed by atoms with Crippen molar-refractivity contribution in [1.82, 2.24) is 4.90 Å². The van der Waals surface area contributed by atoms with E-state index in [0.717, 1.165) is 5.84 Å². The molecule has 0 amide bonds. The smallest absolute Gasteiger partial charge is 0.0958 e. The molecule has 0 atom stereocenters. The van der Waals surface area contributed by atoms with Crippen molar-refractivity contribution in [2.24, 2.45) is 4.99 Å². The highest BCUT2D eigenvalue weighted by atomic mass is 15.2. The van der Waals surface area contributed by atoms with Crippen LogP contribution in [0.4, 0.5) is 0 Å². The normalized spacial score (nSPS) is 10.6. The highest BCUT2D eigenvalue weighted by Crippen LogP contribution is 2.05. The highest BCUT2D eigenvalue weighted by molar-refractivity contribution is 5.80. The molecule has 2 nitrogen and oxygen atoms in total. The first-order chi connectivity index (χ1) is 8.92. The molecule has 2 heteroatoms. The van der Waals surface area contributed by atoms with E-state index in [2.05, 4.69) is 58.4 Å². The zero-order valence-corrected chi connectivity index (χ0v) is 15.4. The Hall–Kier alpha value is -0.530. The molecule has 0 fully saturated rings. The Kier molecular flexibility index (Phi) is 21.7. The Bertz CT molecular complexity index is 172. The predicted octanol–water partition coefficient (Wildman–Crippen LogP) is 5.77. The summed E-state index contributed by atoms with van der Waals surface area (Å²) in [5.74, 6) is 1.12. The molecule has 0 bridgehead atoms. The van der Waals surface area contributed by atoms with E-state index < -0.39 is 0 Å². The average molecular weight is 273 g/mol. The number of aliphatic imine (C=N–C) groups is 1. The first-order valence-corrected chi connectivity index (χ1v) is 8.13.